The minimum Gasteiger partial charge on any atom is -0.497 e. The highest BCUT2D eigenvalue weighted by Gasteiger charge is 2.13. The highest BCUT2D eigenvalue weighted by Crippen LogP contribution is 2.34. The van der Waals surface area contributed by atoms with E-state index in [9.17, 15) is 4.39 Å². The summed E-state index contributed by atoms with van der Waals surface area (Å²) in [7, 11) is 3.13. The van der Waals surface area contributed by atoms with E-state index in [1.165, 1.54) is 16.9 Å². The predicted molar refractivity (Wildman–Crippen MR) is 101 cm³/mol. The van der Waals surface area contributed by atoms with Crippen LogP contribution in [-0.2, 0) is 0 Å². The first-order valence-electron chi connectivity index (χ1n) is 8.43. The summed E-state index contributed by atoms with van der Waals surface area (Å²) in [5.41, 5.74) is 2.35. The van der Waals surface area contributed by atoms with Crippen molar-refractivity contribution in [3.05, 3.63) is 66.6 Å². The number of pyridine rings is 1. The van der Waals surface area contributed by atoms with Crippen LogP contribution >= 0.6 is 0 Å². The SMILES string of the molecule is COc1ccc(-c2cc(F)cc(-n3nnc(-c4ccccn4)n3)c2)c(OC)c1. The Morgan fingerprint density at radius 2 is 1.86 bits per heavy atom. The lowest BCUT2D eigenvalue weighted by Crippen LogP contribution is -2.01. The van der Waals surface area contributed by atoms with Crippen molar-refractivity contribution in [3.63, 3.8) is 0 Å². The standard InChI is InChI=1S/C20H16FN5O2/c1-27-16-6-7-17(19(12-16)28-2)13-9-14(21)11-15(10-13)26-24-20(23-25-26)18-5-3-4-8-22-18/h3-12H,1-2H3. The lowest BCUT2D eigenvalue weighted by atomic mass is 10.0. The van der Waals surface area contributed by atoms with E-state index in [1.807, 2.05) is 12.1 Å². The van der Waals surface area contributed by atoms with E-state index in [4.69, 9.17) is 9.47 Å². The van der Waals surface area contributed by atoms with E-state index >= 15 is 0 Å². The van der Waals surface area contributed by atoms with Gasteiger partial charge in [0.05, 0.1) is 19.9 Å². The molecule has 4 aromatic rings. The fraction of sp³-hybridized carbons (Fsp3) is 0.100. The van der Waals surface area contributed by atoms with Crippen molar-refractivity contribution in [2.75, 3.05) is 14.2 Å². The molecular weight excluding hydrogens is 361 g/mol. The number of benzene rings is 2. The summed E-state index contributed by atoms with van der Waals surface area (Å²) in [5.74, 6) is 1.14. The molecule has 2 heterocycles. The van der Waals surface area contributed by atoms with Crippen LogP contribution in [0.4, 0.5) is 4.39 Å². The third kappa shape index (κ3) is 3.39. The number of nitrogens with zero attached hydrogens (tertiary/aromatic N) is 5. The monoisotopic (exact) mass is 377 g/mol. The van der Waals surface area contributed by atoms with Crippen LogP contribution in [0.25, 0.3) is 28.3 Å². The van der Waals surface area contributed by atoms with Gasteiger partial charge in [0.25, 0.3) is 0 Å². The van der Waals surface area contributed by atoms with Crippen LogP contribution in [0.5, 0.6) is 11.5 Å². The first-order valence-corrected chi connectivity index (χ1v) is 8.43. The molecule has 0 aliphatic carbocycles. The fourth-order valence-electron chi connectivity index (χ4n) is 2.80. The Kier molecular flexibility index (Phi) is 4.67. The van der Waals surface area contributed by atoms with Gasteiger partial charge in [0.1, 0.15) is 23.0 Å². The van der Waals surface area contributed by atoms with E-state index in [0.717, 1.165) is 0 Å². The topological polar surface area (TPSA) is 75.0 Å². The molecule has 0 radical (unpaired) electrons. The van der Waals surface area contributed by atoms with Crippen molar-refractivity contribution in [2.24, 2.45) is 0 Å². The van der Waals surface area contributed by atoms with Crippen molar-refractivity contribution in [2.45, 2.75) is 0 Å². The number of aromatic nitrogens is 5. The van der Waals surface area contributed by atoms with E-state index < -0.39 is 5.82 Å². The molecule has 4 rings (SSSR count). The maximum absolute atomic E-state index is 14.3. The second-order valence-electron chi connectivity index (χ2n) is 5.88. The smallest absolute Gasteiger partial charge is 0.223 e. The van der Waals surface area contributed by atoms with E-state index in [2.05, 4.69) is 20.4 Å². The molecule has 0 saturated heterocycles. The van der Waals surface area contributed by atoms with Crippen LogP contribution in [0.1, 0.15) is 0 Å². The first kappa shape index (κ1) is 17.6. The number of ether oxygens (including phenoxy) is 2. The molecule has 7 nitrogen and oxygen atoms in total. The van der Waals surface area contributed by atoms with Gasteiger partial charge in [0.15, 0.2) is 0 Å². The van der Waals surface area contributed by atoms with Gasteiger partial charge in [-0.3, -0.25) is 4.98 Å². The normalized spacial score (nSPS) is 10.7. The number of rotatable bonds is 5. The van der Waals surface area contributed by atoms with Gasteiger partial charge in [-0.25, -0.2) is 4.39 Å². The molecule has 0 fully saturated rings. The molecule has 0 unspecified atom stereocenters. The van der Waals surface area contributed by atoms with Crippen molar-refractivity contribution >= 4 is 0 Å². The summed E-state index contributed by atoms with van der Waals surface area (Å²) < 4.78 is 25.0. The van der Waals surface area contributed by atoms with Crippen LogP contribution < -0.4 is 9.47 Å². The van der Waals surface area contributed by atoms with Gasteiger partial charge in [-0.05, 0) is 47.2 Å². The molecule has 0 aliphatic rings. The number of hydrogen-bond acceptors (Lipinski definition) is 6. The van der Waals surface area contributed by atoms with E-state index in [0.29, 0.717) is 39.8 Å². The summed E-state index contributed by atoms with van der Waals surface area (Å²) in [6, 6.07) is 15.3. The number of halogens is 1. The highest BCUT2D eigenvalue weighted by molar-refractivity contribution is 5.73. The molecule has 0 saturated carbocycles. The number of tetrazole rings is 1. The Bertz CT molecular complexity index is 1110. The molecule has 0 aliphatic heterocycles. The van der Waals surface area contributed by atoms with Crippen molar-refractivity contribution in [3.8, 4) is 39.8 Å². The van der Waals surface area contributed by atoms with Crippen LogP contribution in [0, 0.1) is 5.82 Å². The van der Waals surface area contributed by atoms with Gasteiger partial charge in [-0.15, -0.1) is 15.0 Å². The Balaban J connectivity index is 1.76. The molecule has 0 amide bonds. The molecule has 140 valence electrons. The molecule has 0 spiro atoms. The summed E-state index contributed by atoms with van der Waals surface area (Å²) in [5, 5.41) is 12.3. The van der Waals surface area contributed by atoms with Crippen LogP contribution in [0.3, 0.4) is 0 Å². The van der Waals surface area contributed by atoms with Gasteiger partial charge >= 0.3 is 0 Å². The maximum Gasteiger partial charge on any atom is 0.223 e. The second kappa shape index (κ2) is 7.43. The van der Waals surface area contributed by atoms with Gasteiger partial charge < -0.3 is 9.47 Å². The van der Waals surface area contributed by atoms with Crippen molar-refractivity contribution < 1.29 is 13.9 Å². The fourth-order valence-corrected chi connectivity index (χ4v) is 2.80. The first-order chi connectivity index (χ1) is 13.7. The average Bonchev–Trinajstić information content (AvgIpc) is 3.24. The molecule has 2 aromatic carbocycles. The Morgan fingerprint density at radius 3 is 2.61 bits per heavy atom. The third-order valence-corrected chi connectivity index (χ3v) is 4.14. The Labute approximate surface area is 160 Å². The van der Waals surface area contributed by atoms with Crippen molar-refractivity contribution in [1.82, 2.24) is 25.2 Å². The minimum absolute atomic E-state index is 0.355. The molecule has 0 atom stereocenters. The maximum atomic E-state index is 14.3. The van der Waals surface area contributed by atoms with Crippen LogP contribution in [0.15, 0.2) is 60.8 Å². The summed E-state index contributed by atoms with van der Waals surface area (Å²) in [4.78, 5) is 5.47. The molecular formula is C20H16FN5O2. The lowest BCUT2D eigenvalue weighted by Gasteiger charge is -2.11. The molecule has 28 heavy (non-hydrogen) atoms. The van der Waals surface area contributed by atoms with E-state index in [1.54, 1.807) is 50.7 Å². The van der Waals surface area contributed by atoms with Crippen molar-refractivity contribution in [1.29, 1.82) is 0 Å². The van der Waals surface area contributed by atoms with Gasteiger partial charge in [-0.2, -0.15) is 0 Å². The zero-order chi connectivity index (χ0) is 19.5. The zero-order valence-corrected chi connectivity index (χ0v) is 15.2. The molecule has 0 N–H and O–H groups in total. The largest absolute Gasteiger partial charge is 0.497 e. The molecule has 8 heteroatoms. The summed E-state index contributed by atoms with van der Waals surface area (Å²) >= 11 is 0. The Morgan fingerprint density at radius 1 is 0.964 bits per heavy atom. The quantitative estimate of drug-likeness (QED) is 0.530. The predicted octanol–water partition coefficient (Wildman–Crippen LogP) is 3.55. The Hall–Kier alpha value is -3.81. The third-order valence-electron chi connectivity index (χ3n) is 4.14. The second-order valence-corrected chi connectivity index (χ2v) is 5.88. The minimum atomic E-state index is -0.429. The molecule has 2 aromatic heterocycles. The van der Waals surface area contributed by atoms with Crippen LogP contribution in [-0.4, -0.2) is 39.4 Å². The van der Waals surface area contributed by atoms with Gasteiger partial charge in [0, 0.05) is 23.9 Å². The summed E-state index contributed by atoms with van der Waals surface area (Å²) in [6.45, 7) is 0. The van der Waals surface area contributed by atoms with Crippen LogP contribution in [0.2, 0.25) is 0 Å². The molecule has 0 bridgehead atoms. The number of hydrogen-bond donors (Lipinski definition) is 0. The van der Waals surface area contributed by atoms with Gasteiger partial charge in [-0.1, -0.05) is 6.07 Å². The van der Waals surface area contributed by atoms with E-state index in [-0.39, 0.29) is 0 Å². The highest BCUT2D eigenvalue weighted by atomic mass is 19.1. The van der Waals surface area contributed by atoms with Gasteiger partial charge in [0.2, 0.25) is 5.82 Å². The zero-order valence-electron chi connectivity index (χ0n) is 15.2. The number of methoxy groups -OCH3 is 2. The average molecular weight is 377 g/mol. The lowest BCUT2D eigenvalue weighted by molar-refractivity contribution is 0.395. The summed E-state index contributed by atoms with van der Waals surface area (Å²) in [6.07, 6.45) is 1.65.